The molecule has 9 nitrogen and oxygen atoms in total. The van der Waals surface area contributed by atoms with E-state index in [1.54, 1.807) is 14.2 Å². The summed E-state index contributed by atoms with van der Waals surface area (Å²) < 4.78 is 13.2. The van der Waals surface area contributed by atoms with Gasteiger partial charge in [-0.3, -0.25) is 4.90 Å². The first-order valence-corrected chi connectivity index (χ1v) is 13.4. The normalized spacial score (nSPS) is 17.1. The van der Waals surface area contributed by atoms with Crippen LogP contribution in [0.3, 0.4) is 0 Å². The third-order valence-electron chi connectivity index (χ3n) is 7.71. The zero-order valence-corrected chi connectivity index (χ0v) is 22.1. The van der Waals surface area contributed by atoms with Crippen LogP contribution in [0.5, 0.6) is 11.5 Å². The lowest BCUT2D eigenvalue weighted by Crippen LogP contribution is -2.52. The molecular formula is C29H35N7O2. The Morgan fingerprint density at radius 2 is 1.68 bits per heavy atom. The van der Waals surface area contributed by atoms with Crippen LogP contribution < -0.4 is 25.0 Å². The minimum absolute atomic E-state index is 0.493. The maximum atomic E-state index is 5.78. The third kappa shape index (κ3) is 4.87. The van der Waals surface area contributed by atoms with Gasteiger partial charge in [-0.1, -0.05) is 12.1 Å². The zero-order chi connectivity index (χ0) is 25.9. The van der Waals surface area contributed by atoms with Gasteiger partial charge in [-0.05, 0) is 49.2 Å². The van der Waals surface area contributed by atoms with Gasteiger partial charge in [0.25, 0.3) is 0 Å². The molecule has 2 fully saturated rings. The highest BCUT2D eigenvalue weighted by Gasteiger charge is 2.26. The highest BCUT2D eigenvalue weighted by molar-refractivity contribution is 5.72. The largest absolute Gasteiger partial charge is 0.496 e. The van der Waals surface area contributed by atoms with E-state index in [1.165, 1.54) is 18.5 Å². The molecule has 38 heavy (non-hydrogen) atoms. The third-order valence-corrected chi connectivity index (χ3v) is 7.71. The second-order valence-electron chi connectivity index (χ2n) is 9.85. The van der Waals surface area contributed by atoms with Crippen molar-refractivity contribution in [1.29, 1.82) is 0 Å². The summed E-state index contributed by atoms with van der Waals surface area (Å²) in [6.45, 7) is 6.66. The van der Waals surface area contributed by atoms with Crippen LogP contribution in [0.4, 0.5) is 17.3 Å². The molecule has 0 bridgehead atoms. The Morgan fingerprint density at radius 1 is 0.895 bits per heavy atom. The number of nitrogens with zero attached hydrogens (tertiary/aromatic N) is 5. The number of hydrogen-bond acceptors (Lipinski definition) is 8. The van der Waals surface area contributed by atoms with Crippen LogP contribution >= 0.6 is 0 Å². The van der Waals surface area contributed by atoms with E-state index in [4.69, 9.17) is 14.6 Å². The van der Waals surface area contributed by atoms with Crippen molar-refractivity contribution in [2.75, 3.05) is 63.7 Å². The van der Waals surface area contributed by atoms with Crippen molar-refractivity contribution in [3.8, 4) is 22.8 Å². The first-order valence-electron chi connectivity index (χ1n) is 13.4. The van der Waals surface area contributed by atoms with Gasteiger partial charge in [0.05, 0.1) is 37.3 Å². The number of benzene rings is 2. The summed E-state index contributed by atoms with van der Waals surface area (Å²) in [6, 6.07) is 19.0. The van der Waals surface area contributed by atoms with Gasteiger partial charge in [0.15, 0.2) is 0 Å². The predicted octanol–water partition coefficient (Wildman–Crippen LogP) is 4.03. The Morgan fingerprint density at radius 3 is 2.47 bits per heavy atom. The standard InChI is InChI=1S/C29H35N7O2/c1-37-27-6-4-3-5-24(27)26-10-8-23-20-31-29(33-36(23)26)32-25-9-7-22(19-28(25)38-2)34-15-11-21(12-16-34)35-17-13-30-14-18-35/h3-10,19-21,30H,11-18H2,1-2H3,(H,32,33). The first-order chi connectivity index (χ1) is 18.7. The monoisotopic (exact) mass is 513 g/mol. The first kappa shape index (κ1) is 24.5. The molecular weight excluding hydrogens is 478 g/mol. The van der Waals surface area contributed by atoms with E-state index < -0.39 is 0 Å². The number of piperidine rings is 1. The Balaban J connectivity index is 1.19. The number of fused-ring (bicyclic) bond motifs is 1. The van der Waals surface area contributed by atoms with Gasteiger partial charge in [0.1, 0.15) is 11.5 Å². The molecule has 0 saturated carbocycles. The number of anilines is 3. The summed E-state index contributed by atoms with van der Waals surface area (Å²) in [5, 5.41) is 11.6. The number of para-hydroxylation sites is 1. The minimum atomic E-state index is 0.493. The molecule has 2 aromatic heterocycles. The number of methoxy groups -OCH3 is 2. The van der Waals surface area contributed by atoms with Gasteiger partial charge in [0.2, 0.25) is 5.95 Å². The van der Waals surface area contributed by atoms with Crippen LogP contribution in [0.15, 0.2) is 60.8 Å². The topological polar surface area (TPSA) is 79.2 Å². The maximum absolute atomic E-state index is 5.78. The highest BCUT2D eigenvalue weighted by Crippen LogP contribution is 2.34. The molecule has 9 heteroatoms. The van der Waals surface area contributed by atoms with Crippen molar-refractivity contribution >= 4 is 22.8 Å². The summed E-state index contributed by atoms with van der Waals surface area (Å²) in [6.07, 6.45) is 4.21. The molecule has 0 radical (unpaired) electrons. The van der Waals surface area contributed by atoms with Gasteiger partial charge in [-0.2, -0.15) is 0 Å². The average Bonchev–Trinajstić information content (AvgIpc) is 3.41. The Labute approximate surface area is 223 Å². The average molecular weight is 514 g/mol. The molecule has 2 saturated heterocycles. The molecule has 2 N–H and O–H groups in total. The van der Waals surface area contributed by atoms with Gasteiger partial charge < -0.3 is 25.0 Å². The van der Waals surface area contributed by atoms with Crippen LogP contribution in [0.25, 0.3) is 16.8 Å². The molecule has 2 aliphatic rings. The molecule has 4 heterocycles. The number of hydrogen-bond donors (Lipinski definition) is 2. The Hall–Kier alpha value is -3.82. The number of rotatable bonds is 7. The van der Waals surface area contributed by atoms with Crippen LogP contribution in [0, 0.1) is 0 Å². The summed E-state index contributed by atoms with van der Waals surface area (Å²) in [5.74, 6) is 2.07. The van der Waals surface area contributed by atoms with Gasteiger partial charge >= 0.3 is 0 Å². The lowest BCUT2D eigenvalue weighted by atomic mass is 10.0. The van der Waals surface area contributed by atoms with Crippen LogP contribution in [0.2, 0.25) is 0 Å². The van der Waals surface area contributed by atoms with E-state index in [1.807, 2.05) is 47.1 Å². The van der Waals surface area contributed by atoms with E-state index in [0.29, 0.717) is 12.0 Å². The lowest BCUT2D eigenvalue weighted by Gasteiger charge is -2.41. The van der Waals surface area contributed by atoms with Crippen molar-refractivity contribution < 1.29 is 9.47 Å². The summed E-state index contributed by atoms with van der Waals surface area (Å²) in [4.78, 5) is 9.66. The molecule has 0 spiro atoms. The quantitative estimate of drug-likeness (QED) is 0.384. The van der Waals surface area contributed by atoms with E-state index in [-0.39, 0.29) is 0 Å². The van der Waals surface area contributed by atoms with Crippen LogP contribution in [-0.4, -0.2) is 79.0 Å². The van der Waals surface area contributed by atoms with E-state index in [2.05, 4.69) is 43.6 Å². The van der Waals surface area contributed by atoms with Crippen LogP contribution in [-0.2, 0) is 0 Å². The van der Waals surface area contributed by atoms with Crippen LogP contribution in [0.1, 0.15) is 12.8 Å². The van der Waals surface area contributed by atoms with Gasteiger partial charge in [0, 0.05) is 62.6 Å². The maximum Gasteiger partial charge on any atom is 0.245 e. The number of aromatic nitrogens is 3. The van der Waals surface area contributed by atoms with Crippen molar-refractivity contribution in [3.63, 3.8) is 0 Å². The number of nitrogens with one attached hydrogen (secondary N) is 2. The number of ether oxygens (including phenoxy) is 2. The fourth-order valence-electron chi connectivity index (χ4n) is 5.66. The van der Waals surface area contributed by atoms with Crippen molar-refractivity contribution in [2.45, 2.75) is 18.9 Å². The number of piperazine rings is 1. The summed E-state index contributed by atoms with van der Waals surface area (Å²) in [7, 11) is 3.39. The fraction of sp³-hybridized carbons (Fsp3) is 0.379. The molecule has 0 amide bonds. The summed E-state index contributed by atoms with van der Waals surface area (Å²) in [5.41, 5.74) is 4.84. The van der Waals surface area contributed by atoms with E-state index >= 15 is 0 Å². The van der Waals surface area contributed by atoms with Gasteiger partial charge in [-0.25, -0.2) is 9.50 Å². The zero-order valence-electron chi connectivity index (χ0n) is 22.1. The van der Waals surface area contributed by atoms with Crippen molar-refractivity contribution in [2.24, 2.45) is 0 Å². The van der Waals surface area contributed by atoms with Crippen molar-refractivity contribution in [1.82, 2.24) is 24.8 Å². The molecule has 0 aliphatic carbocycles. The molecule has 6 rings (SSSR count). The Kier molecular flexibility index (Phi) is 7.02. The SMILES string of the molecule is COc1cc(N2CCC(N3CCNCC3)CC2)ccc1Nc1ncc2ccc(-c3ccccc3OC)n2n1. The lowest BCUT2D eigenvalue weighted by molar-refractivity contribution is 0.150. The molecule has 0 atom stereocenters. The molecule has 198 valence electrons. The molecule has 2 aliphatic heterocycles. The van der Waals surface area contributed by atoms with E-state index in [0.717, 1.165) is 73.2 Å². The second-order valence-corrected chi connectivity index (χ2v) is 9.85. The smallest absolute Gasteiger partial charge is 0.245 e. The Bertz CT molecular complexity index is 1390. The van der Waals surface area contributed by atoms with Gasteiger partial charge in [-0.15, -0.1) is 5.10 Å². The fourth-order valence-corrected chi connectivity index (χ4v) is 5.66. The second kappa shape index (κ2) is 10.9. The molecule has 0 unspecified atom stereocenters. The molecule has 4 aromatic rings. The molecule has 2 aromatic carbocycles. The van der Waals surface area contributed by atoms with Crippen molar-refractivity contribution in [3.05, 3.63) is 60.8 Å². The highest BCUT2D eigenvalue weighted by atomic mass is 16.5. The van der Waals surface area contributed by atoms with E-state index in [9.17, 15) is 0 Å². The minimum Gasteiger partial charge on any atom is -0.496 e. The predicted molar refractivity (Wildman–Crippen MR) is 151 cm³/mol. The summed E-state index contributed by atoms with van der Waals surface area (Å²) >= 11 is 0.